The van der Waals surface area contributed by atoms with E-state index in [-0.39, 0.29) is 11.4 Å². The lowest BCUT2D eigenvalue weighted by Crippen LogP contribution is -2.19. The minimum absolute atomic E-state index is 0.00662. The van der Waals surface area contributed by atoms with Crippen LogP contribution in [0.5, 0.6) is 0 Å². The van der Waals surface area contributed by atoms with Crippen molar-refractivity contribution in [2.75, 3.05) is 23.3 Å². The molecule has 1 saturated heterocycles. The lowest BCUT2D eigenvalue weighted by Gasteiger charge is -2.17. The van der Waals surface area contributed by atoms with Gasteiger partial charge in [0.15, 0.2) is 0 Å². The summed E-state index contributed by atoms with van der Waals surface area (Å²) in [4.78, 5) is 18.5. The van der Waals surface area contributed by atoms with Gasteiger partial charge in [0.25, 0.3) is 5.91 Å². The summed E-state index contributed by atoms with van der Waals surface area (Å²) in [7, 11) is 0. The number of carbonyl (C=O) groups excluding carboxylic acids is 1. The molecule has 1 aliphatic heterocycles. The molecule has 1 aromatic carbocycles. The number of pyridine rings is 1. The zero-order valence-corrected chi connectivity index (χ0v) is 13.9. The lowest BCUT2D eigenvalue weighted by molar-refractivity contribution is -0.137. The first-order valence-electron chi connectivity index (χ1n) is 7.74. The number of hydrogen-bond donors (Lipinski definition) is 1. The minimum atomic E-state index is -4.59. The Morgan fingerprint density at radius 1 is 1.16 bits per heavy atom. The molecular formula is C17H15ClF3N3O. The van der Waals surface area contributed by atoms with Gasteiger partial charge in [0, 0.05) is 18.8 Å². The molecule has 2 aromatic rings. The van der Waals surface area contributed by atoms with E-state index in [4.69, 9.17) is 11.6 Å². The van der Waals surface area contributed by atoms with Crippen LogP contribution in [0, 0.1) is 0 Å². The fraction of sp³-hybridized carbons (Fsp3) is 0.294. The maximum absolute atomic E-state index is 12.9. The molecule has 0 unspecified atom stereocenters. The molecule has 1 amide bonds. The highest BCUT2D eigenvalue weighted by atomic mass is 35.5. The van der Waals surface area contributed by atoms with Crippen LogP contribution in [0.3, 0.4) is 0 Å². The van der Waals surface area contributed by atoms with Gasteiger partial charge in [-0.3, -0.25) is 4.79 Å². The number of alkyl halides is 3. The highest BCUT2D eigenvalue weighted by molar-refractivity contribution is 6.31. The monoisotopic (exact) mass is 369 g/mol. The van der Waals surface area contributed by atoms with E-state index in [1.54, 1.807) is 18.3 Å². The van der Waals surface area contributed by atoms with Crippen LogP contribution in [0.4, 0.5) is 24.5 Å². The molecule has 0 radical (unpaired) electrons. The molecule has 1 N–H and O–H groups in total. The van der Waals surface area contributed by atoms with Crippen LogP contribution in [-0.2, 0) is 6.18 Å². The second-order valence-electron chi connectivity index (χ2n) is 5.74. The number of aromatic nitrogens is 1. The second-order valence-corrected chi connectivity index (χ2v) is 6.15. The van der Waals surface area contributed by atoms with Crippen molar-refractivity contribution >= 4 is 28.9 Å². The molecular weight excluding hydrogens is 355 g/mol. The van der Waals surface area contributed by atoms with Crippen molar-refractivity contribution < 1.29 is 18.0 Å². The molecule has 0 bridgehead atoms. The normalized spacial score (nSPS) is 14.6. The Bertz CT molecular complexity index is 772. The fourth-order valence-corrected chi connectivity index (χ4v) is 2.92. The second kappa shape index (κ2) is 6.92. The molecule has 0 atom stereocenters. The first kappa shape index (κ1) is 17.5. The zero-order valence-electron chi connectivity index (χ0n) is 13.1. The third-order valence-electron chi connectivity index (χ3n) is 3.98. The quantitative estimate of drug-likeness (QED) is 0.859. The van der Waals surface area contributed by atoms with Crippen LogP contribution >= 0.6 is 11.6 Å². The molecule has 25 heavy (non-hydrogen) atoms. The maximum atomic E-state index is 12.9. The Labute approximate surface area is 147 Å². The number of nitrogens with one attached hydrogen (secondary N) is 1. The molecule has 132 valence electrons. The van der Waals surface area contributed by atoms with Gasteiger partial charge in [-0.05, 0) is 43.2 Å². The van der Waals surface area contributed by atoms with E-state index in [0.29, 0.717) is 0 Å². The number of hydrogen-bond acceptors (Lipinski definition) is 3. The van der Waals surface area contributed by atoms with Crippen molar-refractivity contribution in [1.29, 1.82) is 0 Å². The number of nitrogens with zero attached hydrogens (tertiary/aromatic N) is 2. The number of benzene rings is 1. The Kier molecular flexibility index (Phi) is 4.85. The van der Waals surface area contributed by atoms with Crippen LogP contribution in [-0.4, -0.2) is 24.0 Å². The van der Waals surface area contributed by atoms with Gasteiger partial charge in [-0.15, -0.1) is 0 Å². The molecule has 3 rings (SSSR count). The Balaban J connectivity index is 1.74. The highest BCUT2D eigenvalue weighted by Gasteiger charge is 2.33. The summed E-state index contributed by atoms with van der Waals surface area (Å²) in [5.41, 5.74) is 0.0720. The van der Waals surface area contributed by atoms with Crippen molar-refractivity contribution in [3.05, 3.63) is 52.8 Å². The number of halogens is 4. The number of anilines is 2. The summed E-state index contributed by atoms with van der Waals surface area (Å²) in [6.45, 7) is 1.91. The van der Waals surface area contributed by atoms with Crippen LogP contribution < -0.4 is 10.2 Å². The number of carbonyl (C=O) groups is 1. The molecule has 2 heterocycles. The van der Waals surface area contributed by atoms with E-state index in [2.05, 4.69) is 15.2 Å². The molecule has 1 aromatic heterocycles. The molecule has 1 aliphatic rings. The lowest BCUT2D eigenvalue weighted by atomic mass is 10.2. The van der Waals surface area contributed by atoms with Crippen LogP contribution in [0.25, 0.3) is 0 Å². The molecule has 4 nitrogen and oxygen atoms in total. The van der Waals surface area contributed by atoms with Crippen LogP contribution in [0.1, 0.15) is 28.9 Å². The minimum Gasteiger partial charge on any atom is -0.370 e. The topological polar surface area (TPSA) is 45.2 Å². The van der Waals surface area contributed by atoms with Crippen molar-refractivity contribution in [2.24, 2.45) is 0 Å². The van der Waals surface area contributed by atoms with Gasteiger partial charge >= 0.3 is 6.18 Å². The molecule has 0 spiro atoms. The van der Waals surface area contributed by atoms with Crippen molar-refractivity contribution in [1.82, 2.24) is 4.98 Å². The summed E-state index contributed by atoms with van der Waals surface area (Å²) in [5, 5.41) is 2.00. The van der Waals surface area contributed by atoms with Gasteiger partial charge in [-0.25, -0.2) is 4.98 Å². The third-order valence-corrected chi connectivity index (χ3v) is 4.31. The average molecular weight is 370 g/mol. The van der Waals surface area contributed by atoms with E-state index in [9.17, 15) is 18.0 Å². The first-order chi connectivity index (χ1) is 11.8. The van der Waals surface area contributed by atoms with E-state index >= 15 is 0 Å². The van der Waals surface area contributed by atoms with Gasteiger partial charge in [-0.1, -0.05) is 11.6 Å². The van der Waals surface area contributed by atoms with E-state index in [1.165, 1.54) is 6.07 Å². The van der Waals surface area contributed by atoms with Gasteiger partial charge in [-0.2, -0.15) is 13.2 Å². The van der Waals surface area contributed by atoms with Crippen molar-refractivity contribution in [2.45, 2.75) is 19.0 Å². The predicted octanol–water partition coefficient (Wildman–Crippen LogP) is 4.61. The number of amides is 1. The smallest absolute Gasteiger partial charge is 0.370 e. The maximum Gasteiger partial charge on any atom is 0.417 e. The molecule has 1 fully saturated rings. The SMILES string of the molecule is O=C(Nc1ccc(Cl)c(C(F)(F)F)c1)c1ccc(N2CCCC2)cn1. The Morgan fingerprint density at radius 3 is 2.48 bits per heavy atom. The summed E-state index contributed by atoms with van der Waals surface area (Å²) in [6.07, 6.45) is -0.739. The van der Waals surface area contributed by atoms with Gasteiger partial charge in [0.05, 0.1) is 22.5 Å². The summed E-state index contributed by atoms with van der Waals surface area (Å²) < 4.78 is 38.6. The van der Waals surface area contributed by atoms with Crippen LogP contribution in [0.15, 0.2) is 36.5 Å². The van der Waals surface area contributed by atoms with Gasteiger partial charge in [0.1, 0.15) is 5.69 Å². The molecule has 0 aliphatic carbocycles. The summed E-state index contributed by atoms with van der Waals surface area (Å²) in [5.74, 6) is -0.580. The highest BCUT2D eigenvalue weighted by Crippen LogP contribution is 2.36. The van der Waals surface area contributed by atoms with Gasteiger partial charge < -0.3 is 10.2 Å². The first-order valence-corrected chi connectivity index (χ1v) is 8.11. The fourth-order valence-electron chi connectivity index (χ4n) is 2.70. The number of rotatable bonds is 3. The average Bonchev–Trinajstić information content (AvgIpc) is 3.10. The van der Waals surface area contributed by atoms with E-state index < -0.39 is 22.7 Å². The van der Waals surface area contributed by atoms with Crippen molar-refractivity contribution in [3.63, 3.8) is 0 Å². The Morgan fingerprint density at radius 2 is 1.88 bits per heavy atom. The largest absolute Gasteiger partial charge is 0.417 e. The third kappa shape index (κ3) is 4.04. The van der Waals surface area contributed by atoms with E-state index in [1.807, 2.05) is 0 Å². The van der Waals surface area contributed by atoms with Crippen LogP contribution in [0.2, 0.25) is 5.02 Å². The van der Waals surface area contributed by atoms with Crippen molar-refractivity contribution in [3.8, 4) is 0 Å². The summed E-state index contributed by atoms with van der Waals surface area (Å²) in [6, 6.07) is 6.57. The zero-order chi connectivity index (χ0) is 18.0. The standard InChI is InChI=1S/C17H15ClF3N3O/c18-14-5-3-11(9-13(14)17(19,20)21)23-16(25)15-6-4-12(10-22-15)24-7-1-2-8-24/h3-6,9-10H,1-2,7-8H2,(H,23,25). The molecule has 0 saturated carbocycles. The molecule has 8 heteroatoms. The predicted molar refractivity (Wildman–Crippen MR) is 90.1 cm³/mol. The Hall–Kier alpha value is -2.28. The summed E-state index contributed by atoms with van der Waals surface area (Å²) >= 11 is 5.56. The van der Waals surface area contributed by atoms with Gasteiger partial charge in [0.2, 0.25) is 0 Å². The van der Waals surface area contributed by atoms with E-state index in [0.717, 1.165) is 43.8 Å².